The van der Waals surface area contributed by atoms with E-state index in [4.69, 9.17) is 0 Å². The molecule has 2 aliphatic rings. The average molecular weight is 240 g/mol. The second-order valence-electron chi connectivity index (χ2n) is 4.46. The van der Waals surface area contributed by atoms with Gasteiger partial charge in [0.05, 0.1) is 6.54 Å². The van der Waals surface area contributed by atoms with Crippen molar-refractivity contribution in [2.24, 2.45) is 0 Å². The van der Waals surface area contributed by atoms with Gasteiger partial charge in [0.1, 0.15) is 5.54 Å². The van der Waals surface area contributed by atoms with Gasteiger partial charge in [-0.05, 0) is 13.3 Å². The fourth-order valence-electron chi connectivity index (χ4n) is 2.17. The molecule has 17 heavy (non-hydrogen) atoms. The predicted octanol–water partition coefficient (Wildman–Crippen LogP) is -0.658. The van der Waals surface area contributed by atoms with Crippen molar-refractivity contribution in [1.82, 2.24) is 20.4 Å². The largest absolute Gasteiger partial charge is 0.328 e. The molecule has 2 aliphatic heterocycles. The third kappa shape index (κ3) is 1.81. The van der Waals surface area contributed by atoms with Crippen LogP contribution in [0.4, 0.5) is 9.59 Å². The van der Waals surface area contributed by atoms with E-state index in [1.54, 1.807) is 16.8 Å². The second kappa shape index (κ2) is 3.90. The van der Waals surface area contributed by atoms with E-state index in [0.717, 1.165) is 0 Å². The number of rotatable bonds is 1. The van der Waals surface area contributed by atoms with E-state index in [9.17, 15) is 14.4 Å². The summed E-state index contributed by atoms with van der Waals surface area (Å²) >= 11 is 0. The molecule has 0 aliphatic carbocycles. The van der Waals surface area contributed by atoms with Gasteiger partial charge >= 0.3 is 12.1 Å². The number of carbonyl (C=O) groups is 3. The van der Waals surface area contributed by atoms with Gasteiger partial charge in [0, 0.05) is 20.1 Å². The smallest absolute Gasteiger partial charge is 0.322 e. The Morgan fingerprint density at radius 3 is 2.76 bits per heavy atom. The minimum absolute atomic E-state index is 0.113. The fraction of sp³-hybridized carbons (Fsp3) is 0.700. The molecule has 0 bridgehead atoms. The second-order valence-corrected chi connectivity index (χ2v) is 4.46. The van der Waals surface area contributed by atoms with Crippen LogP contribution in [0.15, 0.2) is 0 Å². The maximum atomic E-state index is 11.9. The van der Waals surface area contributed by atoms with Crippen molar-refractivity contribution in [2.45, 2.75) is 18.9 Å². The minimum Gasteiger partial charge on any atom is -0.328 e. The van der Waals surface area contributed by atoms with Crippen LogP contribution in [0, 0.1) is 0 Å². The molecule has 0 aromatic rings. The van der Waals surface area contributed by atoms with Crippen LogP contribution in [0.2, 0.25) is 0 Å². The summed E-state index contributed by atoms with van der Waals surface area (Å²) in [6.07, 6.45) is 0.466. The molecule has 0 aromatic heterocycles. The standard InChI is InChI=1S/C10H16N4O3/c1-3-13(2)9(17)14-5-4-10(6-14)7(15)11-8(16)12-10/h3-6H2,1-2H3,(H2,11,12,15,16). The summed E-state index contributed by atoms with van der Waals surface area (Å²) in [5.74, 6) is -0.336. The first kappa shape index (κ1) is 11.7. The van der Waals surface area contributed by atoms with Crippen molar-refractivity contribution < 1.29 is 14.4 Å². The summed E-state index contributed by atoms with van der Waals surface area (Å²) in [6, 6.07) is -0.591. The zero-order chi connectivity index (χ0) is 12.6. The van der Waals surface area contributed by atoms with Crippen LogP contribution < -0.4 is 10.6 Å². The number of imide groups is 1. The molecule has 0 saturated carbocycles. The van der Waals surface area contributed by atoms with Crippen LogP contribution in [0.3, 0.4) is 0 Å². The number of nitrogens with zero attached hydrogens (tertiary/aromatic N) is 2. The normalized spacial score (nSPS) is 27.3. The molecule has 7 heteroatoms. The zero-order valence-electron chi connectivity index (χ0n) is 9.95. The topological polar surface area (TPSA) is 81.8 Å². The van der Waals surface area contributed by atoms with Crippen LogP contribution in [0.25, 0.3) is 0 Å². The van der Waals surface area contributed by atoms with Crippen molar-refractivity contribution in [3.63, 3.8) is 0 Å². The SMILES string of the molecule is CCN(C)C(=O)N1CCC2(C1)NC(=O)NC2=O. The Bertz CT molecular complexity index is 384. The lowest BCUT2D eigenvalue weighted by molar-refractivity contribution is -0.123. The summed E-state index contributed by atoms with van der Waals surface area (Å²) in [5.41, 5.74) is -0.915. The van der Waals surface area contributed by atoms with Gasteiger partial charge in [-0.3, -0.25) is 10.1 Å². The highest BCUT2D eigenvalue weighted by atomic mass is 16.2. The molecule has 2 rings (SSSR count). The van der Waals surface area contributed by atoms with Gasteiger partial charge in [-0.25, -0.2) is 9.59 Å². The van der Waals surface area contributed by atoms with Gasteiger partial charge in [0.15, 0.2) is 0 Å². The highest BCUT2D eigenvalue weighted by Gasteiger charge is 2.51. The van der Waals surface area contributed by atoms with Crippen LogP contribution in [0.1, 0.15) is 13.3 Å². The number of amides is 5. The monoisotopic (exact) mass is 240 g/mol. The molecule has 0 aromatic carbocycles. The van der Waals surface area contributed by atoms with E-state index in [1.165, 1.54) is 0 Å². The molecule has 1 unspecified atom stereocenters. The van der Waals surface area contributed by atoms with Gasteiger partial charge in [-0.1, -0.05) is 0 Å². The van der Waals surface area contributed by atoms with E-state index in [-0.39, 0.29) is 18.5 Å². The minimum atomic E-state index is -0.915. The van der Waals surface area contributed by atoms with Crippen molar-refractivity contribution in [3.8, 4) is 0 Å². The molecule has 1 atom stereocenters. The number of carbonyl (C=O) groups excluding carboxylic acids is 3. The van der Waals surface area contributed by atoms with Crippen LogP contribution >= 0.6 is 0 Å². The van der Waals surface area contributed by atoms with E-state index >= 15 is 0 Å². The van der Waals surface area contributed by atoms with Crippen molar-refractivity contribution in [2.75, 3.05) is 26.7 Å². The maximum Gasteiger partial charge on any atom is 0.322 e. The Labute approximate surface area is 99.1 Å². The molecular formula is C10H16N4O3. The molecule has 2 saturated heterocycles. The maximum absolute atomic E-state index is 11.9. The molecule has 0 radical (unpaired) electrons. The first-order chi connectivity index (χ1) is 7.98. The summed E-state index contributed by atoms with van der Waals surface area (Å²) < 4.78 is 0. The Hall–Kier alpha value is -1.79. The zero-order valence-corrected chi connectivity index (χ0v) is 9.95. The lowest BCUT2D eigenvalue weighted by Crippen LogP contribution is -2.50. The number of urea groups is 2. The average Bonchev–Trinajstić information content (AvgIpc) is 2.83. The molecule has 5 amide bonds. The first-order valence-corrected chi connectivity index (χ1v) is 5.62. The molecule has 2 heterocycles. The van der Waals surface area contributed by atoms with Gasteiger partial charge in [-0.15, -0.1) is 0 Å². The van der Waals surface area contributed by atoms with E-state index in [0.29, 0.717) is 19.5 Å². The van der Waals surface area contributed by atoms with Gasteiger partial charge in [-0.2, -0.15) is 0 Å². The molecule has 2 N–H and O–H groups in total. The molecule has 1 spiro atoms. The van der Waals surface area contributed by atoms with E-state index in [2.05, 4.69) is 10.6 Å². The van der Waals surface area contributed by atoms with E-state index < -0.39 is 11.6 Å². The van der Waals surface area contributed by atoms with Gasteiger partial charge in [0.25, 0.3) is 5.91 Å². The Morgan fingerprint density at radius 2 is 2.24 bits per heavy atom. The number of likely N-dealkylation sites (tertiary alicyclic amines) is 1. The molecule has 7 nitrogen and oxygen atoms in total. The Kier molecular flexibility index (Phi) is 2.68. The lowest BCUT2D eigenvalue weighted by atomic mass is 10.00. The van der Waals surface area contributed by atoms with Crippen molar-refractivity contribution in [3.05, 3.63) is 0 Å². The third-order valence-electron chi connectivity index (χ3n) is 3.36. The van der Waals surface area contributed by atoms with Gasteiger partial charge in [0.2, 0.25) is 0 Å². The Balaban J connectivity index is 2.07. The number of hydrogen-bond acceptors (Lipinski definition) is 3. The highest BCUT2D eigenvalue weighted by molar-refractivity contribution is 6.07. The fourth-order valence-corrected chi connectivity index (χ4v) is 2.17. The van der Waals surface area contributed by atoms with Crippen molar-refractivity contribution in [1.29, 1.82) is 0 Å². The van der Waals surface area contributed by atoms with Crippen LogP contribution in [-0.2, 0) is 4.79 Å². The highest BCUT2D eigenvalue weighted by Crippen LogP contribution is 2.25. The molecule has 94 valence electrons. The predicted molar refractivity (Wildman–Crippen MR) is 59.3 cm³/mol. The summed E-state index contributed by atoms with van der Waals surface area (Å²) in [6.45, 7) is 3.22. The Morgan fingerprint density at radius 1 is 1.53 bits per heavy atom. The molecular weight excluding hydrogens is 224 g/mol. The first-order valence-electron chi connectivity index (χ1n) is 5.62. The quantitative estimate of drug-likeness (QED) is 0.597. The van der Waals surface area contributed by atoms with E-state index in [1.807, 2.05) is 6.92 Å². The third-order valence-corrected chi connectivity index (χ3v) is 3.36. The number of hydrogen-bond donors (Lipinski definition) is 2. The lowest BCUT2D eigenvalue weighted by Gasteiger charge is -2.25. The molecule has 2 fully saturated rings. The summed E-state index contributed by atoms with van der Waals surface area (Å²) in [4.78, 5) is 37.9. The van der Waals surface area contributed by atoms with Crippen LogP contribution in [-0.4, -0.2) is 60.0 Å². The number of nitrogens with one attached hydrogen (secondary N) is 2. The van der Waals surface area contributed by atoms with Gasteiger partial charge < -0.3 is 15.1 Å². The summed E-state index contributed by atoms with van der Waals surface area (Å²) in [7, 11) is 1.71. The van der Waals surface area contributed by atoms with Crippen LogP contribution in [0.5, 0.6) is 0 Å². The van der Waals surface area contributed by atoms with Crippen molar-refractivity contribution >= 4 is 18.0 Å². The summed E-state index contributed by atoms with van der Waals surface area (Å²) in [5, 5.41) is 4.82.